The normalized spacial score (nSPS) is 15.1. The molecular weight excluding hydrogens is 370 g/mol. The van der Waals surface area contributed by atoms with Crippen LogP contribution in [0.25, 0.3) is 0 Å². The van der Waals surface area contributed by atoms with Gasteiger partial charge in [0.05, 0.1) is 37.3 Å². The standard InChI is InChI=1S/C20H21N7O2/c28-27(29)20-12-18(13-23-26-15-21-22-16-26)6-7-19(20)25-10-8-24(9-11-25)14-17-4-2-1-3-5-17/h1-7,12-13,15-16H,8-11,14H2/p+1/b23-13-. The Labute approximate surface area is 168 Å². The number of nitro benzene ring substituents is 1. The van der Waals surface area contributed by atoms with E-state index in [1.807, 2.05) is 18.2 Å². The van der Waals surface area contributed by atoms with Gasteiger partial charge in [-0.15, -0.1) is 10.2 Å². The number of nitrogens with zero attached hydrogens (tertiary/aromatic N) is 6. The van der Waals surface area contributed by atoms with E-state index < -0.39 is 0 Å². The SMILES string of the molecule is O=[N+]([O-])c1cc(/C=N\n2cnnc2)ccc1N1CC[NH+](Cc2ccccc2)CC1. The molecule has 0 aliphatic carbocycles. The maximum Gasteiger partial charge on any atom is 0.293 e. The van der Waals surface area contributed by atoms with E-state index in [2.05, 4.69) is 44.5 Å². The lowest BCUT2D eigenvalue weighted by atomic mass is 10.1. The predicted molar refractivity (Wildman–Crippen MR) is 109 cm³/mol. The van der Waals surface area contributed by atoms with Crippen molar-refractivity contribution in [3.63, 3.8) is 0 Å². The number of nitrogens with one attached hydrogen (secondary N) is 1. The van der Waals surface area contributed by atoms with Crippen LogP contribution in [0.2, 0.25) is 0 Å². The highest BCUT2D eigenvalue weighted by Gasteiger charge is 2.25. The van der Waals surface area contributed by atoms with Crippen LogP contribution in [0.1, 0.15) is 11.1 Å². The summed E-state index contributed by atoms with van der Waals surface area (Å²) in [5, 5.41) is 23.2. The predicted octanol–water partition coefficient (Wildman–Crippen LogP) is 0.974. The third-order valence-electron chi connectivity index (χ3n) is 5.05. The van der Waals surface area contributed by atoms with Gasteiger partial charge in [0, 0.05) is 17.2 Å². The van der Waals surface area contributed by atoms with Gasteiger partial charge in [-0.05, 0) is 6.07 Å². The van der Waals surface area contributed by atoms with E-state index >= 15 is 0 Å². The number of hydrogen-bond donors (Lipinski definition) is 1. The van der Waals surface area contributed by atoms with Crippen LogP contribution in [-0.2, 0) is 6.54 Å². The van der Waals surface area contributed by atoms with Gasteiger partial charge in [0.25, 0.3) is 5.69 Å². The van der Waals surface area contributed by atoms with Gasteiger partial charge in [-0.25, -0.2) is 4.68 Å². The fraction of sp³-hybridized carbons (Fsp3) is 0.250. The summed E-state index contributed by atoms with van der Waals surface area (Å²) < 4.78 is 1.44. The van der Waals surface area contributed by atoms with Gasteiger partial charge >= 0.3 is 0 Å². The van der Waals surface area contributed by atoms with E-state index in [9.17, 15) is 10.1 Å². The van der Waals surface area contributed by atoms with E-state index in [0.717, 1.165) is 32.7 Å². The second kappa shape index (κ2) is 8.61. The summed E-state index contributed by atoms with van der Waals surface area (Å²) in [7, 11) is 0. The Morgan fingerprint density at radius 2 is 1.83 bits per heavy atom. The monoisotopic (exact) mass is 392 g/mol. The van der Waals surface area contributed by atoms with Gasteiger partial charge in [0.15, 0.2) is 0 Å². The van der Waals surface area contributed by atoms with Crippen molar-refractivity contribution in [2.24, 2.45) is 5.10 Å². The number of benzene rings is 2. The molecule has 0 atom stereocenters. The molecule has 29 heavy (non-hydrogen) atoms. The van der Waals surface area contributed by atoms with Crippen LogP contribution in [0, 0.1) is 10.1 Å². The van der Waals surface area contributed by atoms with Crippen molar-refractivity contribution < 1.29 is 9.82 Å². The molecule has 1 saturated heterocycles. The largest absolute Gasteiger partial charge is 0.355 e. The molecule has 1 aromatic heterocycles. The Hall–Kier alpha value is -3.59. The molecule has 0 saturated carbocycles. The average molecular weight is 392 g/mol. The van der Waals surface area contributed by atoms with Crippen molar-refractivity contribution in [3.05, 3.63) is 82.4 Å². The molecule has 0 unspecified atom stereocenters. The first kappa shape index (κ1) is 18.8. The topological polar surface area (TPSA) is 93.9 Å². The smallest absolute Gasteiger partial charge is 0.293 e. The molecule has 1 fully saturated rings. The van der Waals surface area contributed by atoms with Crippen LogP contribution in [0.4, 0.5) is 11.4 Å². The number of hydrogen-bond acceptors (Lipinski definition) is 6. The molecule has 1 N–H and O–H groups in total. The van der Waals surface area contributed by atoms with Crippen LogP contribution in [0.5, 0.6) is 0 Å². The van der Waals surface area contributed by atoms with Crippen LogP contribution in [-0.4, -0.2) is 52.2 Å². The number of quaternary nitrogens is 1. The molecule has 2 aromatic carbocycles. The lowest BCUT2D eigenvalue weighted by molar-refractivity contribution is -0.914. The maximum absolute atomic E-state index is 11.7. The summed E-state index contributed by atoms with van der Waals surface area (Å²) in [6.07, 6.45) is 4.47. The highest BCUT2D eigenvalue weighted by atomic mass is 16.6. The lowest BCUT2D eigenvalue weighted by Crippen LogP contribution is -3.13. The lowest BCUT2D eigenvalue weighted by Gasteiger charge is -2.33. The Balaban J connectivity index is 1.45. The summed E-state index contributed by atoms with van der Waals surface area (Å²) in [5.41, 5.74) is 2.74. The zero-order valence-electron chi connectivity index (χ0n) is 15.9. The van der Waals surface area contributed by atoms with Crippen LogP contribution in [0.15, 0.2) is 66.3 Å². The minimum atomic E-state index is -0.325. The molecule has 1 aliphatic heterocycles. The summed E-state index contributed by atoms with van der Waals surface area (Å²) >= 11 is 0. The molecule has 148 valence electrons. The number of anilines is 1. The van der Waals surface area contributed by atoms with Gasteiger partial charge < -0.3 is 9.80 Å². The molecule has 0 radical (unpaired) electrons. The zero-order valence-corrected chi connectivity index (χ0v) is 15.9. The molecule has 9 nitrogen and oxygen atoms in total. The van der Waals surface area contributed by atoms with Crippen LogP contribution in [0.3, 0.4) is 0 Å². The van der Waals surface area contributed by atoms with Crippen molar-refractivity contribution in [2.75, 3.05) is 31.1 Å². The molecule has 0 spiro atoms. The number of aromatic nitrogens is 3. The number of rotatable bonds is 6. The first-order chi connectivity index (χ1) is 14.2. The summed E-state index contributed by atoms with van der Waals surface area (Å²) in [4.78, 5) is 14.9. The third kappa shape index (κ3) is 4.64. The Morgan fingerprint density at radius 1 is 1.10 bits per heavy atom. The fourth-order valence-corrected chi connectivity index (χ4v) is 3.55. The van der Waals surface area contributed by atoms with Crippen LogP contribution >= 0.6 is 0 Å². The van der Waals surface area contributed by atoms with Gasteiger partial charge in [-0.3, -0.25) is 10.1 Å². The first-order valence-corrected chi connectivity index (χ1v) is 9.49. The minimum Gasteiger partial charge on any atom is -0.355 e. The summed E-state index contributed by atoms with van der Waals surface area (Å²) in [6.45, 7) is 4.45. The van der Waals surface area contributed by atoms with Crippen molar-refractivity contribution in [1.82, 2.24) is 14.9 Å². The molecule has 1 aliphatic rings. The average Bonchev–Trinajstić information content (AvgIpc) is 3.27. The molecule has 3 aromatic rings. The zero-order chi connectivity index (χ0) is 20.1. The van der Waals surface area contributed by atoms with E-state index in [1.54, 1.807) is 12.3 Å². The molecule has 9 heteroatoms. The van der Waals surface area contributed by atoms with Gasteiger partial charge in [0.2, 0.25) is 0 Å². The second-order valence-electron chi connectivity index (χ2n) is 6.99. The van der Waals surface area contributed by atoms with Gasteiger partial charge in [-0.1, -0.05) is 36.4 Å². The number of nitro groups is 1. The minimum absolute atomic E-state index is 0.101. The third-order valence-corrected chi connectivity index (χ3v) is 5.05. The molecular formula is C20H22N7O2+. The van der Waals surface area contributed by atoms with E-state index in [0.29, 0.717) is 11.3 Å². The summed E-state index contributed by atoms with van der Waals surface area (Å²) in [5.74, 6) is 0. The van der Waals surface area contributed by atoms with Gasteiger partial charge in [-0.2, -0.15) is 5.10 Å². The van der Waals surface area contributed by atoms with Crippen molar-refractivity contribution in [2.45, 2.75) is 6.54 Å². The highest BCUT2D eigenvalue weighted by Crippen LogP contribution is 2.29. The molecule has 0 amide bonds. The molecule has 0 bridgehead atoms. The van der Waals surface area contributed by atoms with E-state index in [-0.39, 0.29) is 10.6 Å². The van der Waals surface area contributed by atoms with E-state index in [4.69, 9.17) is 0 Å². The number of piperazine rings is 1. The van der Waals surface area contributed by atoms with Crippen molar-refractivity contribution in [1.29, 1.82) is 0 Å². The Morgan fingerprint density at radius 3 is 2.52 bits per heavy atom. The summed E-state index contributed by atoms with van der Waals surface area (Å²) in [6, 6.07) is 15.6. The Bertz CT molecular complexity index is 981. The first-order valence-electron chi connectivity index (χ1n) is 9.49. The molecule has 2 heterocycles. The maximum atomic E-state index is 11.7. The highest BCUT2D eigenvalue weighted by molar-refractivity contribution is 5.83. The Kier molecular flexibility index (Phi) is 5.57. The van der Waals surface area contributed by atoms with Crippen molar-refractivity contribution >= 4 is 17.6 Å². The second-order valence-corrected chi connectivity index (χ2v) is 6.99. The quantitative estimate of drug-likeness (QED) is 0.383. The van der Waals surface area contributed by atoms with Gasteiger partial charge in [0.1, 0.15) is 24.9 Å². The van der Waals surface area contributed by atoms with Crippen molar-refractivity contribution in [3.8, 4) is 0 Å². The van der Waals surface area contributed by atoms with Crippen LogP contribution < -0.4 is 9.80 Å². The van der Waals surface area contributed by atoms with E-state index in [1.165, 1.54) is 27.8 Å². The fourth-order valence-electron chi connectivity index (χ4n) is 3.55. The molecule has 4 rings (SSSR count).